The van der Waals surface area contributed by atoms with Gasteiger partial charge in [-0.25, -0.2) is 0 Å². The van der Waals surface area contributed by atoms with E-state index in [0.29, 0.717) is 18.3 Å². The van der Waals surface area contributed by atoms with Gasteiger partial charge in [0.2, 0.25) is 11.8 Å². The van der Waals surface area contributed by atoms with Crippen molar-refractivity contribution in [3.05, 3.63) is 36.2 Å². The van der Waals surface area contributed by atoms with E-state index in [9.17, 15) is 0 Å². The standard InChI is InChI=1S/C12H15N3O3/c16-8-10(17)6-13-7-11-14-15-12(18-11)9-4-2-1-3-5-9/h1-5,10,13,16-17H,6-8H2. The van der Waals surface area contributed by atoms with Gasteiger partial charge >= 0.3 is 0 Å². The minimum atomic E-state index is -0.776. The summed E-state index contributed by atoms with van der Waals surface area (Å²) in [6, 6.07) is 9.49. The van der Waals surface area contributed by atoms with Crippen LogP contribution in [0.4, 0.5) is 0 Å². The summed E-state index contributed by atoms with van der Waals surface area (Å²) in [6.07, 6.45) is -0.776. The topological polar surface area (TPSA) is 91.4 Å². The smallest absolute Gasteiger partial charge is 0.247 e. The Balaban J connectivity index is 1.91. The number of aromatic nitrogens is 2. The normalized spacial score (nSPS) is 12.6. The lowest BCUT2D eigenvalue weighted by atomic mass is 10.2. The Morgan fingerprint density at radius 1 is 1.22 bits per heavy atom. The van der Waals surface area contributed by atoms with E-state index in [2.05, 4.69) is 15.5 Å². The van der Waals surface area contributed by atoms with Crippen LogP contribution in [0, 0.1) is 0 Å². The first-order valence-corrected chi connectivity index (χ1v) is 5.67. The summed E-state index contributed by atoms with van der Waals surface area (Å²) in [6.45, 7) is 0.364. The van der Waals surface area contributed by atoms with E-state index >= 15 is 0 Å². The molecule has 3 N–H and O–H groups in total. The molecule has 18 heavy (non-hydrogen) atoms. The summed E-state index contributed by atoms with van der Waals surface area (Å²) >= 11 is 0. The molecule has 0 aliphatic carbocycles. The summed E-state index contributed by atoms with van der Waals surface area (Å²) in [5, 5.41) is 28.5. The lowest BCUT2D eigenvalue weighted by molar-refractivity contribution is 0.0937. The monoisotopic (exact) mass is 249 g/mol. The van der Waals surface area contributed by atoms with Gasteiger partial charge in [0.25, 0.3) is 0 Å². The van der Waals surface area contributed by atoms with Crippen molar-refractivity contribution in [3.63, 3.8) is 0 Å². The minimum Gasteiger partial charge on any atom is -0.419 e. The molecular formula is C12H15N3O3. The van der Waals surface area contributed by atoms with Gasteiger partial charge < -0.3 is 19.9 Å². The molecule has 0 fully saturated rings. The molecule has 2 aromatic rings. The first-order chi connectivity index (χ1) is 8.79. The number of nitrogens with one attached hydrogen (secondary N) is 1. The third-order valence-corrected chi connectivity index (χ3v) is 2.35. The Morgan fingerprint density at radius 3 is 2.72 bits per heavy atom. The van der Waals surface area contributed by atoms with E-state index in [-0.39, 0.29) is 13.2 Å². The maximum Gasteiger partial charge on any atom is 0.247 e. The van der Waals surface area contributed by atoms with Crippen molar-refractivity contribution in [2.75, 3.05) is 13.2 Å². The number of hydrogen-bond donors (Lipinski definition) is 3. The van der Waals surface area contributed by atoms with Gasteiger partial charge in [-0.2, -0.15) is 0 Å². The maximum atomic E-state index is 9.14. The average molecular weight is 249 g/mol. The van der Waals surface area contributed by atoms with Crippen LogP contribution in [0.15, 0.2) is 34.7 Å². The molecule has 6 nitrogen and oxygen atoms in total. The van der Waals surface area contributed by atoms with Crippen molar-refractivity contribution < 1.29 is 14.6 Å². The Kier molecular flexibility index (Phi) is 4.40. The molecule has 0 aliphatic rings. The van der Waals surface area contributed by atoms with Crippen LogP contribution < -0.4 is 5.32 Å². The van der Waals surface area contributed by atoms with E-state index in [4.69, 9.17) is 14.6 Å². The van der Waals surface area contributed by atoms with E-state index in [1.807, 2.05) is 30.3 Å². The van der Waals surface area contributed by atoms with Crippen molar-refractivity contribution in [3.8, 4) is 11.5 Å². The number of aliphatic hydroxyl groups excluding tert-OH is 2. The van der Waals surface area contributed by atoms with Crippen molar-refractivity contribution in [2.24, 2.45) is 0 Å². The van der Waals surface area contributed by atoms with Crippen LogP contribution in [0.3, 0.4) is 0 Å². The van der Waals surface area contributed by atoms with Crippen LogP contribution in [0.5, 0.6) is 0 Å². The first kappa shape index (κ1) is 12.7. The van der Waals surface area contributed by atoms with Gasteiger partial charge in [-0.3, -0.25) is 0 Å². The van der Waals surface area contributed by atoms with Crippen molar-refractivity contribution in [1.29, 1.82) is 0 Å². The molecule has 0 amide bonds. The highest BCUT2D eigenvalue weighted by molar-refractivity contribution is 5.51. The lowest BCUT2D eigenvalue weighted by Crippen LogP contribution is -2.29. The summed E-state index contributed by atoms with van der Waals surface area (Å²) in [5.74, 6) is 0.911. The molecule has 6 heteroatoms. The van der Waals surface area contributed by atoms with Gasteiger partial charge in [-0.05, 0) is 12.1 Å². The van der Waals surface area contributed by atoms with E-state index in [1.165, 1.54) is 0 Å². The number of rotatable bonds is 6. The van der Waals surface area contributed by atoms with Gasteiger partial charge in [-0.1, -0.05) is 18.2 Å². The minimum absolute atomic E-state index is 0.272. The fourth-order valence-corrected chi connectivity index (χ4v) is 1.43. The molecule has 0 saturated carbocycles. The molecule has 1 aromatic heterocycles. The predicted octanol–water partition coefficient (Wildman–Crippen LogP) is 0.179. The van der Waals surface area contributed by atoms with Crippen LogP contribution >= 0.6 is 0 Å². The summed E-state index contributed by atoms with van der Waals surface area (Å²) in [4.78, 5) is 0. The van der Waals surface area contributed by atoms with Crippen molar-refractivity contribution >= 4 is 0 Å². The third kappa shape index (κ3) is 3.36. The molecule has 1 atom stereocenters. The fraction of sp³-hybridized carbons (Fsp3) is 0.333. The predicted molar refractivity (Wildman–Crippen MR) is 64.5 cm³/mol. The number of nitrogens with zero attached hydrogens (tertiary/aromatic N) is 2. The van der Waals surface area contributed by atoms with Crippen LogP contribution in [0.1, 0.15) is 5.89 Å². The second-order valence-corrected chi connectivity index (χ2v) is 3.83. The van der Waals surface area contributed by atoms with E-state index in [1.54, 1.807) is 0 Å². The van der Waals surface area contributed by atoms with Gasteiger partial charge in [-0.15, -0.1) is 10.2 Å². The summed E-state index contributed by atoms with van der Waals surface area (Å²) < 4.78 is 5.46. The Labute approximate surface area is 104 Å². The van der Waals surface area contributed by atoms with Crippen molar-refractivity contribution in [1.82, 2.24) is 15.5 Å². The summed E-state index contributed by atoms with van der Waals surface area (Å²) in [5.41, 5.74) is 0.867. The molecule has 0 radical (unpaired) electrons. The molecule has 0 saturated heterocycles. The highest BCUT2D eigenvalue weighted by Crippen LogP contribution is 2.16. The van der Waals surface area contributed by atoms with Crippen LogP contribution in [-0.2, 0) is 6.54 Å². The van der Waals surface area contributed by atoms with Gasteiger partial charge in [0, 0.05) is 12.1 Å². The molecule has 0 aliphatic heterocycles. The molecule has 1 unspecified atom stereocenters. The molecule has 2 rings (SSSR count). The number of benzene rings is 1. The largest absolute Gasteiger partial charge is 0.419 e. The second-order valence-electron chi connectivity index (χ2n) is 3.83. The Hall–Kier alpha value is -1.76. The Bertz CT molecular complexity index is 472. The summed E-state index contributed by atoms with van der Waals surface area (Å²) in [7, 11) is 0. The molecule has 1 heterocycles. The third-order valence-electron chi connectivity index (χ3n) is 2.35. The number of aliphatic hydroxyl groups is 2. The Morgan fingerprint density at radius 2 is 2.00 bits per heavy atom. The highest BCUT2D eigenvalue weighted by atomic mass is 16.4. The zero-order chi connectivity index (χ0) is 12.8. The molecule has 0 bridgehead atoms. The first-order valence-electron chi connectivity index (χ1n) is 5.67. The lowest BCUT2D eigenvalue weighted by Gasteiger charge is -2.06. The molecule has 1 aromatic carbocycles. The molecular weight excluding hydrogens is 234 g/mol. The SMILES string of the molecule is OCC(O)CNCc1nnc(-c2ccccc2)o1. The maximum absolute atomic E-state index is 9.14. The zero-order valence-electron chi connectivity index (χ0n) is 9.78. The van der Waals surface area contributed by atoms with Gasteiger partial charge in [0.15, 0.2) is 0 Å². The van der Waals surface area contributed by atoms with E-state index in [0.717, 1.165) is 5.56 Å². The van der Waals surface area contributed by atoms with Crippen molar-refractivity contribution in [2.45, 2.75) is 12.6 Å². The fourth-order valence-electron chi connectivity index (χ4n) is 1.43. The van der Waals surface area contributed by atoms with Crippen LogP contribution in [0.2, 0.25) is 0 Å². The van der Waals surface area contributed by atoms with Gasteiger partial charge in [0.05, 0.1) is 19.3 Å². The van der Waals surface area contributed by atoms with Crippen LogP contribution in [-0.4, -0.2) is 39.7 Å². The molecule has 0 spiro atoms. The average Bonchev–Trinajstić information content (AvgIpc) is 2.88. The highest BCUT2D eigenvalue weighted by Gasteiger charge is 2.08. The van der Waals surface area contributed by atoms with E-state index < -0.39 is 6.10 Å². The second kappa shape index (κ2) is 6.25. The quantitative estimate of drug-likeness (QED) is 0.676. The molecule has 96 valence electrons. The van der Waals surface area contributed by atoms with Gasteiger partial charge in [0.1, 0.15) is 0 Å². The van der Waals surface area contributed by atoms with Crippen LogP contribution in [0.25, 0.3) is 11.5 Å². The number of hydrogen-bond acceptors (Lipinski definition) is 6. The zero-order valence-corrected chi connectivity index (χ0v) is 9.78.